The van der Waals surface area contributed by atoms with E-state index in [1.807, 2.05) is 0 Å². The third-order valence-electron chi connectivity index (χ3n) is 6.54. The summed E-state index contributed by atoms with van der Waals surface area (Å²) in [5, 5.41) is 0. The smallest absolute Gasteiger partial charge is 0.314 e. The van der Waals surface area contributed by atoms with Crippen LogP contribution in [0.4, 0.5) is 13.2 Å². The van der Waals surface area contributed by atoms with Crippen LogP contribution in [0.5, 0.6) is 5.75 Å². The molecule has 0 heterocycles. The first-order valence-electron chi connectivity index (χ1n) is 10.3. The number of hydrogen-bond acceptors (Lipinski definition) is 2. The summed E-state index contributed by atoms with van der Waals surface area (Å²) in [6.45, 7) is 2.31. The number of esters is 1. The summed E-state index contributed by atoms with van der Waals surface area (Å²) in [6.07, 6.45) is 9.04. The third-order valence-corrected chi connectivity index (χ3v) is 8.75. The van der Waals surface area contributed by atoms with Gasteiger partial charge in [-0.3, -0.25) is 4.79 Å². The molecule has 2 saturated carbocycles. The van der Waals surface area contributed by atoms with Gasteiger partial charge in [0.1, 0.15) is 5.75 Å². The van der Waals surface area contributed by atoms with E-state index in [1.165, 1.54) is 31.7 Å². The van der Waals surface area contributed by atoms with Crippen molar-refractivity contribution in [2.24, 2.45) is 17.8 Å². The van der Waals surface area contributed by atoms with Gasteiger partial charge in [-0.2, -0.15) is 0 Å². The maximum absolute atomic E-state index is 13.3. The maximum Gasteiger partial charge on any atom is 0.314 e. The second-order valence-corrected chi connectivity index (χ2v) is 11.0. The lowest BCUT2D eigenvalue weighted by molar-refractivity contribution is -0.140. The van der Waals surface area contributed by atoms with Gasteiger partial charge in [0.25, 0.3) is 0 Å². The molecule has 27 heavy (non-hydrogen) atoms. The minimum absolute atomic E-state index is 0.130. The zero-order chi connectivity index (χ0) is 19.4. The van der Waals surface area contributed by atoms with E-state index in [0.29, 0.717) is 5.92 Å². The van der Waals surface area contributed by atoms with Gasteiger partial charge in [0.05, 0.1) is 5.92 Å². The highest BCUT2D eigenvalue weighted by molar-refractivity contribution is 6.37. The van der Waals surface area contributed by atoms with E-state index in [0.717, 1.165) is 49.3 Å². The van der Waals surface area contributed by atoms with Gasteiger partial charge in [0, 0.05) is 21.7 Å². The fourth-order valence-corrected chi connectivity index (χ4v) is 6.84. The Kier molecular flexibility index (Phi) is 7.01. The topological polar surface area (TPSA) is 26.3 Å². The summed E-state index contributed by atoms with van der Waals surface area (Å²) in [4.78, 5) is 12.3. The normalized spacial score (nSPS) is 29.2. The van der Waals surface area contributed by atoms with E-state index in [4.69, 9.17) is 4.74 Å². The van der Waals surface area contributed by atoms with Crippen molar-refractivity contribution in [1.29, 1.82) is 0 Å². The Balaban J connectivity index is 1.47. The number of hydrogen-bond donors (Lipinski definition) is 0. The fourth-order valence-electron chi connectivity index (χ4n) is 4.97. The van der Waals surface area contributed by atoms with Crippen molar-refractivity contribution in [1.82, 2.24) is 0 Å². The van der Waals surface area contributed by atoms with Gasteiger partial charge in [0.2, 0.25) is 0 Å². The number of ether oxygens (including phenoxy) is 1. The van der Waals surface area contributed by atoms with Crippen molar-refractivity contribution in [3.63, 3.8) is 0 Å². The van der Waals surface area contributed by atoms with Crippen molar-refractivity contribution in [2.45, 2.75) is 69.9 Å². The van der Waals surface area contributed by atoms with Crippen LogP contribution in [0.25, 0.3) is 0 Å². The van der Waals surface area contributed by atoms with Crippen LogP contribution in [0.2, 0.25) is 11.6 Å². The number of halogens is 3. The first-order chi connectivity index (χ1) is 13.0. The molecule has 2 aliphatic rings. The summed E-state index contributed by atoms with van der Waals surface area (Å²) in [6, 6.07) is 2.85. The molecule has 6 heteroatoms. The number of carbonyl (C=O) groups is 1. The van der Waals surface area contributed by atoms with E-state index in [1.54, 1.807) is 0 Å². The van der Waals surface area contributed by atoms with Crippen molar-refractivity contribution in [3.8, 4) is 5.75 Å². The molecule has 2 nitrogen and oxygen atoms in total. The summed E-state index contributed by atoms with van der Waals surface area (Å²) in [5.74, 6) is -3.71. The number of rotatable bonds is 5. The first kappa shape index (κ1) is 20.4. The van der Waals surface area contributed by atoms with Crippen LogP contribution in [0, 0.1) is 35.2 Å². The van der Waals surface area contributed by atoms with Gasteiger partial charge in [-0.25, -0.2) is 13.2 Å². The minimum Gasteiger partial charge on any atom is -0.426 e. The molecule has 1 aromatic rings. The second kappa shape index (κ2) is 9.26. The van der Waals surface area contributed by atoms with Crippen molar-refractivity contribution < 1.29 is 22.7 Å². The van der Waals surface area contributed by atoms with Crippen LogP contribution in [-0.2, 0) is 4.79 Å². The van der Waals surface area contributed by atoms with Crippen molar-refractivity contribution >= 4 is 15.5 Å². The molecular formula is C21H29F3O2Si. The monoisotopic (exact) mass is 398 g/mol. The lowest BCUT2D eigenvalue weighted by Gasteiger charge is -2.37. The van der Waals surface area contributed by atoms with Gasteiger partial charge < -0.3 is 4.74 Å². The number of benzene rings is 1. The van der Waals surface area contributed by atoms with Gasteiger partial charge in [-0.1, -0.05) is 44.2 Å². The lowest BCUT2D eigenvalue weighted by Crippen LogP contribution is -2.30. The highest BCUT2D eigenvalue weighted by Crippen LogP contribution is 2.43. The largest absolute Gasteiger partial charge is 0.426 e. The zero-order valence-corrected chi connectivity index (χ0v) is 17.4. The molecule has 3 rings (SSSR count). The Morgan fingerprint density at radius 2 is 1.48 bits per heavy atom. The van der Waals surface area contributed by atoms with E-state index in [2.05, 4.69) is 6.92 Å². The molecule has 0 N–H and O–H groups in total. The summed E-state index contributed by atoms with van der Waals surface area (Å²) in [5.41, 5.74) is 1.04. The highest BCUT2D eigenvalue weighted by Gasteiger charge is 2.33. The van der Waals surface area contributed by atoms with Gasteiger partial charge in [-0.15, -0.1) is 0 Å². The summed E-state index contributed by atoms with van der Waals surface area (Å²) < 4.78 is 44.6. The SMILES string of the molecule is CC[SiH2][C@H]1CC[C@H]([C@H]2CC[C@H](C(=O)Oc3cc(F)c(F)c(F)c3)CC2)CC1. The van der Waals surface area contributed by atoms with Gasteiger partial charge in [0.15, 0.2) is 17.5 Å². The van der Waals surface area contributed by atoms with E-state index in [-0.39, 0.29) is 21.2 Å². The maximum atomic E-state index is 13.3. The molecule has 0 saturated heterocycles. The van der Waals surface area contributed by atoms with Gasteiger partial charge >= 0.3 is 5.97 Å². The Morgan fingerprint density at radius 1 is 0.963 bits per heavy atom. The standard InChI is InChI=1S/C21H29F3O2Si/c1-2-27-17-9-7-14(8-10-17)13-3-5-15(6-4-13)21(25)26-16-11-18(22)20(24)19(23)12-16/h11-15,17H,2-10,27H2,1H3/t13-,14-,15-,17-. The molecule has 1 aromatic carbocycles. The molecule has 0 spiro atoms. The average molecular weight is 399 g/mol. The van der Waals surface area contributed by atoms with Crippen LogP contribution in [-0.4, -0.2) is 15.5 Å². The Bertz CT molecular complexity index is 628. The molecule has 0 aromatic heterocycles. The van der Waals surface area contributed by atoms with Crippen molar-refractivity contribution in [2.75, 3.05) is 0 Å². The summed E-state index contributed by atoms with van der Waals surface area (Å²) in [7, 11) is 0.130. The molecule has 2 fully saturated rings. The van der Waals surface area contributed by atoms with Crippen LogP contribution in [0.1, 0.15) is 58.3 Å². The molecule has 0 bridgehead atoms. The quantitative estimate of drug-likeness (QED) is 0.287. The summed E-state index contributed by atoms with van der Waals surface area (Å²) >= 11 is 0. The lowest BCUT2D eigenvalue weighted by atomic mass is 9.71. The third kappa shape index (κ3) is 5.15. The van der Waals surface area contributed by atoms with Gasteiger partial charge in [-0.05, 0) is 37.5 Å². The molecule has 0 aliphatic heterocycles. The Morgan fingerprint density at radius 3 is 2.00 bits per heavy atom. The molecule has 0 radical (unpaired) electrons. The predicted molar refractivity (Wildman–Crippen MR) is 102 cm³/mol. The van der Waals surface area contributed by atoms with Crippen LogP contribution in [0.15, 0.2) is 12.1 Å². The minimum atomic E-state index is -1.55. The Labute approximate surface area is 161 Å². The fraction of sp³-hybridized carbons (Fsp3) is 0.667. The van der Waals surface area contributed by atoms with E-state index < -0.39 is 23.4 Å². The first-order valence-corrected chi connectivity index (χ1v) is 12.2. The van der Waals surface area contributed by atoms with Crippen LogP contribution in [0.3, 0.4) is 0 Å². The van der Waals surface area contributed by atoms with E-state index >= 15 is 0 Å². The van der Waals surface area contributed by atoms with Crippen molar-refractivity contribution in [3.05, 3.63) is 29.6 Å². The Hall–Kier alpha value is -1.30. The van der Waals surface area contributed by atoms with E-state index in [9.17, 15) is 18.0 Å². The number of carbonyl (C=O) groups excluding carboxylic acids is 1. The molecular weight excluding hydrogens is 369 g/mol. The molecule has 0 amide bonds. The zero-order valence-electron chi connectivity index (χ0n) is 16.0. The van der Waals surface area contributed by atoms with Crippen LogP contribution >= 0.6 is 0 Å². The average Bonchev–Trinajstić information content (AvgIpc) is 2.67. The predicted octanol–water partition coefficient (Wildman–Crippen LogP) is 5.40. The second-order valence-electron chi connectivity index (χ2n) is 8.30. The molecule has 0 atom stereocenters. The molecule has 150 valence electrons. The highest BCUT2D eigenvalue weighted by atomic mass is 28.2. The molecule has 0 unspecified atom stereocenters. The molecule has 2 aliphatic carbocycles. The van der Waals surface area contributed by atoms with Crippen LogP contribution < -0.4 is 4.74 Å².